The Labute approximate surface area is 129 Å². The lowest BCUT2D eigenvalue weighted by molar-refractivity contribution is -0.139. The molecule has 1 aromatic carbocycles. The Bertz CT molecular complexity index is 565. The largest absolute Gasteiger partial charge is 0.480 e. The fourth-order valence-electron chi connectivity index (χ4n) is 2.18. The second kappa shape index (κ2) is 7.96. The van der Waals surface area contributed by atoms with Gasteiger partial charge in [-0.05, 0) is 24.1 Å². The Morgan fingerprint density at radius 1 is 1.24 bits per heavy atom. The summed E-state index contributed by atoms with van der Waals surface area (Å²) in [4.78, 5) is 13.6. The van der Waals surface area contributed by atoms with Gasteiger partial charge in [-0.3, -0.25) is 10.1 Å². The van der Waals surface area contributed by atoms with Crippen LogP contribution in [0.25, 0.3) is 10.4 Å². The van der Waals surface area contributed by atoms with Crippen molar-refractivity contribution in [3.05, 3.63) is 47.3 Å². The zero-order valence-electron chi connectivity index (χ0n) is 12.2. The van der Waals surface area contributed by atoms with Gasteiger partial charge in [0, 0.05) is 16.3 Å². The molecule has 0 aliphatic rings. The summed E-state index contributed by atoms with van der Waals surface area (Å²) in [5.41, 5.74) is 1.20. The van der Waals surface area contributed by atoms with E-state index in [4.69, 9.17) is 0 Å². The Balaban J connectivity index is 1.94. The van der Waals surface area contributed by atoms with Crippen LogP contribution in [0, 0.1) is 0 Å². The molecular weight excluding hydrogens is 282 g/mol. The van der Waals surface area contributed by atoms with E-state index in [1.165, 1.54) is 10.4 Å². The van der Waals surface area contributed by atoms with Crippen LogP contribution in [-0.2, 0) is 11.3 Å². The number of hydrogen-bond acceptors (Lipinski definition) is 3. The van der Waals surface area contributed by atoms with Crippen molar-refractivity contribution in [3.8, 4) is 10.4 Å². The molecule has 3 nitrogen and oxygen atoms in total. The number of benzene rings is 1. The van der Waals surface area contributed by atoms with Crippen molar-refractivity contribution in [3.63, 3.8) is 0 Å². The van der Waals surface area contributed by atoms with Gasteiger partial charge in [0.25, 0.3) is 0 Å². The predicted octanol–water partition coefficient (Wildman–Crippen LogP) is 4.15. The molecule has 112 valence electrons. The minimum absolute atomic E-state index is 0.452. The SMILES string of the molecule is CCCC[C@H](NCc1ccc(-c2ccccc2)s1)C(=O)O. The number of unbranched alkanes of at least 4 members (excludes halogenated alkanes) is 1. The quantitative estimate of drug-likeness (QED) is 0.770. The third-order valence-corrected chi connectivity index (χ3v) is 4.52. The van der Waals surface area contributed by atoms with E-state index in [1.54, 1.807) is 11.3 Å². The van der Waals surface area contributed by atoms with Crippen molar-refractivity contribution in [1.29, 1.82) is 0 Å². The fourth-order valence-corrected chi connectivity index (χ4v) is 3.14. The van der Waals surface area contributed by atoms with Crippen LogP contribution in [0.5, 0.6) is 0 Å². The molecule has 21 heavy (non-hydrogen) atoms. The lowest BCUT2D eigenvalue weighted by atomic mass is 10.1. The molecule has 0 amide bonds. The Kier molecular flexibility index (Phi) is 5.96. The van der Waals surface area contributed by atoms with Crippen LogP contribution in [0.4, 0.5) is 0 Å². The molecule has 2 N–H and O–H groups in total. The average Bonchev–Trinajstić information content (AvgIpc) is 2.97. The molecule has 0 unspecified atom stereocenters. The van der Waals surface area contributed by atoms with Gasteiger partial charge in [-0.15, -0.1) is 11.3 Å². The number of carbonyl (C=O) groups is 1. The van der Waals surface area contributed by atoms with Crippen molar-refractivity contribution in [2.24, 2.45) is 0 Å². The first-order chi connectivity index (χ1) is 10.2. The number of hydrogen-bond donors (Lipinski definition) is 2. The molecule has 1 atom stereocenters. The van der Waals surface area contributed by atoms with Gasteiger partial charge in [-0.25, -0.2) is 0 Å². The van der Waals surface area contributed by atoms with Gasteiger partial charge >= 0.3 is 5.97 Å². The summed E-state index contributed by atoms with van der Waals surface area (Å²) in [5.74, 6) is -0.761. The van der Waals surface area contributed by atoms with Crippen molar-refractivity contribution in [2.75, 3.05) is 0 Å². The van der Waals surface area contributed by atoms with E-state index >= 15 is 0 Å². The van der Waals surface area contributed by atoms with Gasteiger partial charge in [0.05, 0.1) is 0 Å². The third-order valence-electron chi connectivity index (χ3n) is 3.39. The van der Waals surface area contributed by atoms with E-state index < -0.39 is 12.0 Å². The summed E-state index contributed by atoms with van der Waals surface area (Å²) in [7, 11) is 0. The first-order valence-electron chi connectivity index (χ1n) is 7.31. The Morgan fingerprint density at radius 3 is 2.67 bits per heavy atom. The third kappa shape index (κ3) is 4.69. The first kappa shape index (κ1) is 15.7. The molecule has 0 saturated heterocycles. The van der Waals surface area contributed by atoms with Crippen LogP contribution in [-0.4, -0.2) is 17.1 Å². The van der Waals surface area contributed by atoms with Crippen LogP contribution >= 0.6 is 11.3 Å². The lowest BCUT2D eigenvalue weighted by Gasteiger charge is -2.13. The van der Waals surface area contributed by atoms with E-state index in [0.29, 0.717) is 13.0 Å². The second-order valence-corrected chi connectivity index (χ2v) is 6.21. The number of carboxylic acid groups (broad SMARTS) is 1. The summed E-state index contributed by atoms with van der Waals surface area (Å²) in [6.45, 7) is 2.68. The van der Waals surface area contributed by atoms with Crippen LogP contribution in [0.1, 0.15) is 31.1 Å². The number of carboxylic acids is 1. The second-order valence-electron chi connectivity index (χ2n) is 5.05. The standard InChI is InChI=1S/C17H21NO2S/c1-2-3-9-15(17(19)20)18-12-14-10-11-16(21-14)13-7-5-4-6-8-13/h4-8,10-11,15,18H,2-3,9,12H2,1H3,(H,19,20)/t15-/m0/s1. The number of thiophene rings is 1. The minimum Gasteiger partial charge on any atom is -0.480 e. The Hall–Kier alpha value is -1.65. The first-order valence-corrected chi connectivity index (χ1v) is 8.12. The molecule has 0 fully saturated rings. The van der Waals surface area contributed by atoms with Gasteiger partial charge in [-0.2, -0.15) is 0 Å². The van der Waals surface area contributed by atoms with E-state index in [9.17, 15) is 9.90 Å². The number of rotatable bonds is 8. The molecule has 0 aliphatic carbocycles. The van der Waals surface area contributed by atoms with Crippen molar-refractivity contribution < 1.29 is 9.90 Å². The van der Waals surface area contributed by atoms with Gasteiger partial charge < -0.3 is 5.11 Å². The molecule has 1 aromatic heterocycles. The monoisotopic (exact) mass is 303 g/mol. The van der Waals surface area contributed by atoms with Crippen LogP contribution in [0.3, 0.4) is 0 Å². The highest BCUT2D eigenvalue weighted by molar-refractivity contribution is 7.15. The molecule has 0 spiro atoms. The fraction of sp³-hybridized carbons (Fsp3) is 0.353. The van der Waals surface area contributed by atoms with Gasteiger partial charge in [-0.1, -0.05) is 50.1 Å². The van der Waals surface area contributed by atoms with Gasteiger partial charge in [0.15, 0.2) is 0 Å². The lowest BCUT2D eigenvalue weighted by Crippen LogP contribution is -2.35. The molecule has 1 heterocycles. The normalized spacial score (nSPS) is 12.2. The van der Waals surface area contributed by atoms with E-state index in [1.807, 2.05) is 18.2 Å². The maximum Gasteiger partial charge on any atom is 0.320 e. The maximum absolute atomic E-state index is 11.2. The average molecular weight is 303 g/mol. The van der Waals surface area contributed by atoms with Crippen molar-refractivity contribution in [2.45, 2.75) is 38.8 Å². The zero-order valence-corrected chi connectivity index (χ0v) is 13.0. The minimum atomic E-state index is -0.761. The molecule has 2 rings (SSSR count). The molecular formula is C17H21NO2S. The van der Waals surface area contributed by atoms with Gasteiger partial charge in [0.2, 0.25) is 0 Å². The molecule has 0 radical (unpaired) electrons. The van der Waals surface area contributed by atoms with Gasteiger partial charge in [0.1, 0.15) is 6.04 Å². The van der Waals surface area contributed by atoms with Crippen LogP contribution < -0.4 is 5.32 Å². The summed E-state index contributed by atoms with van der Waals surface area (Å²) in [5, 5.41) is 12.3. The van der Waals surface area contributed by atoms with Crippen molar-refractivity contribution >= 4 is 17.3 Å². The highest BCUT2D eigenvalue weighted by atomic mass is 32.1. The summed E-state index contributed by atoms with van der Waals surface area (Å²) in [6, 6.07) is 13.9. The van der Waals surface area contributed by atoms with E-state index in [0.717, 1.165) is 17.7 Å². The summed E-state index contributed by atoms with van der Waals surface area (Å²) < 4.78 is 0. The van der Waals surface area contributed by atoms with E-state index in [2.05, 4.69) is 36.5 Å². The van der Waals surface area contributed by atoms with Crippen LogP contribution in [0.15, 0.2) is 42.5 Å². The topological polar surface area (TPSA) is 49.3 Å². The number of aliphatic carboxylic acids is 1. The molecule has 0 aliphatic heterocycles. The molecule has 0 saturated carbocycles. The molecule has 2 aromatic rings. The van der Waals surface area contributed by atoms with Crippen molar-refractivity contribution in [1.82, 2.24) is 5.32 Å². The highest BCUT2D eigenvalue weighted by Gasteiger charge is 2.16. The van der Waals surface area contributed by atoms with E-state index in [-0.39, 0.29) is 0 Å². The zero-order chi connectivity index (χ0) is 15.1. The number of nitrogens with one attached hydrogen (secondary N) is 1. The highest BCUT2D eigenvalue weighted by Crippen LogP contribution is 2.27. The summed E-state index contributed by atoms with van der Waals surface area (Å²) in [6.07, 6.45) is 2.63. The van der Waals surface area contributed by atoms with Crippen LogP contribution in [0.2, 0.25) is 0 Å². The maximum atomic E-state index is 11.2. The molecule has 4 heteroatoms. The Morgan fingerprint density at radius 2 is 2.00 bits per heavy atom. The molecule has 0 bridgehead atoms. The smallest absolute Gasteiger partial charge is 0.320 e. The predicted molar refractivity (Wildman–Crippen MR) is 87.5 cm³/mol. The summed E-state index contributed by atoms with van der Waals surface area (Å²) >= 11 is 1.71.